The van der Waals surface area contributed by atoms with Crippen molar-refractivity contribution in [2.45, 2.75) is 51.1 Å². The molecule has 3 fully saturated rings. The molecule has 1 saturated carbocycles. The fraction of sp³-hybridized carbons (Fsp3) is 0.482. The van der Waals surface area contributed by atoms with Crippen LogP contribution >= 0.6 is 0 Å². The highest BCUT2D eigenvalue weighted by Crippen LogP contribution is 2.33. The molecule has 2 atom stereocenters. The molecule has 9 rings (SSSR count). The van der Waals surface area contributed by atoms with Crippen molar-refractivity contribution in [1.82, 2.24) is 60.2 Å². The van der Waals surface area contributed by atoms with E-state index in [0.29, 0.717) is 90.2 Å². The van der Waals surface area contributed by atoms with Gasteiger partial charge in [-0.3, -0.25) is 24.0 Å². The number of carbonyl (C=O) groups is 5. The number of nitrogens with one attached hydrogen (secondary N) is 4. The van der Waals surface area contributed by atoms with E-state index in [2.05, 4.69) is 41.5 Å². The van der Waals surface area contributed by atoms with Gasteiger partial charge in [-0.15, -0.1) is 5.10 Å². The number of benzene rings is 3. The van der Waals surface area contributed by atoms with Gasteiger partial charge < -0.3 is 69.1 Å². The van der Waals surface area contributed by atoms with E-state index in [1.807, 2.05) is 30.3 Å². The Balaban J connectivity index is 0.704. The van der Waals surface area contributed by atoms with Crippen molar-refractivity contribution < 1.29 is 47.7 Å². The van der Waals surface area contributed by atoms with Gasteiger partial charge >= 0.3 is 0 Å². The first-order valence-electron chi connectivity index (χ1n) is 27.3. The molecule has 80 heavy (non-hydrogen) atoms. The lowest BCUT2D eigenvalue weighted by Gasteiger charge is -2.39. The molecule has 3 aliphatic rings. The number of anilines is 3. The van der Waals surface area contributed by atoms with Crippen LogP contribution in [0.5, 0.6) is 17.2 Å². The Labute approximate surface area is 464 Å². The van der Waals surface area contributed by atoms with Crippen molar-refractivity contribution in [3.05, 3.63) is 78.1 Å². The predicted molar refractivity (Wildman–Crippen MR) is 299 cm³/mol. The second-order valence-electron chi connectivity index (χ2n) is 20.1. The number of methoxy groups -OCH3 is 3. The van der Waals surface area contributed by atoms with Crippen molar-refractivity contribution in [1.29, 1.82) is 0 Å². The third-order valence-corrected chi connectivity index (χ3v) is 15.3. The van der Waals surface area contributed by atoms with Gasteiger partial charge in [-0.1, -0.05) is 24.5 Å². The average Bonchev–Trinajstić information content (AvgIpc) is 4.08. The fourth-order valence-corrected chi connectivity index (χ4v) is 10.6. The summed E-state index contributed by atoms with van der Waals surface area (Å²) >= 11 is 0. The van der Waals surface area contributed by atoms with E-state index in [9.17, 15) is 24.0 Å². The molecule has 426 valence electrons. The molecule has 3 aromatic heterocycles. The van der Waals surface area contributed by atoms with Gasteiger partial charge in [0, 0.05) is 94.8 Å². The Bertz CT molecular complexity index is 3140. The summed E-state index contributed by atoms with van der Waals surface area (Å²) < 4.78 is 31.1. The molecule has 1 aliphatic carbocycles. The average molecular weight is 1100 g/mol. The van der Waals surface area contributed by atoms with Crippen molar-refractivity contribution in [2.75, 3.05) is 124 Å². The van der Waals surface area contributed by atoms with Crippen LogP contribution in [0.1, 0.15) is 59.9 Å². The van der Waals surface area contributed by atoms with Gasteiger partial charge in [0.05, 0.1) is 70.2 Å². The van der Waals surface area contributed by atoms with E-state index in [0.717, 1.165) is 43.5 Å². The molecule has 3 aromatic carbocycles. The minimum absolute atomic E-state index is 0.0535. The van der Waals surface area contributed by atoms with Crippen LogP contribution in [0.15, 0.2) is 66.9 Å². The number of nitrogens with zero attached hydrogens (tertiary/aromatic N) is 10. The molecule has 5 amide bonds. The first-order valence-corrected chi connectivity index (χ1v) is 27.3. The minimum atomic E-state index is -0.630. The summed E-state index contributed by atoms with van der Waals surface area (Å²) in [5.74, 6) is 0.953. The summed E-state index contributed by atoms with van der Waals surface area (Å²) in [6.45, 7) is 5.92. The number of hydrogen-bond acceptors (Lipinski definition) is 17. The van der Waals surface area contributed by atoms with E-state index in [-0.39, 0.29) is 86.9 Å². The van der Waals surface area contributed by atoms with Crippen LogP contribution in [-0.4, -0.2) is 200 Å². The molecule has 2 aliphatic heterocycles. The molecule has 4 N–H and O–H groups in total. The van der Waals surface area contributed by atoms with E-state index in [4.69, 9.17) is 28.7 Å². The zero-order valence-corrected chi connectivity index (χ0v) is 46.4. The Morgan fingerprint density at radius 1 is 0.750 bits per heavy atom. The number of carbonyl (C=O) groups excluding carboxylic acids is 5. The number of piperazine rings is 2. The number of fused-ring (bicyclic) bond motifs is 2. The fourth-order valence-electron chi connectivity index (χ4n) is 10.6. The summed E-state index contributed by atoms with van der Waals surface area (Å²) in [4.78, 5) is 85.2. The van der Waals surface area contributed by atoms with Gasteiger partial charge in [0.25, 0.3) is 11.8 Å². The van der Waals surface area contributed by atoms with Crippen LogP contribution in [0.25, 0.3) is 27.8 Å². The Hall–Kier alpha value is -8.09. The molecule has 0 unspecified atom stereocenters. The topological polar surface area (TPSA) is 254 Å². The van der Waals surface area contributed by atoms with Gasteiger partial charge in [-0.2, -0.15) is 9.67 Å². The molecule has 0 radical (unpaired) electrons. The first-order chi connectivity index (χ1) is 38.9. The highest BCUT2D eigenvalue weighted by Gasteiger charge is 2.38. The van der Waals surface area contributed by atoms with E-state index < -0.39 is 18.0 Å². The third-order valence-electron chi connectivity index (χ3n) is 15.3. The molecular weight excluding hydrogens is 1030 g/mol. The van der Waals surface area contributed by atoms with Crippen LogP contribution in [0.3, 0.4) is 0 Å². The number of rotatable bonds is 22. The summed E-state index contributed by atoms with van der Waals surface area (Å²) in [6.07, 6.45) is 6.51. The van der Waals surface area contributed by atoms with Crippen LogP contribution in [0.4, 0.5) is 17.3 Å². The second-order valence-corrected chi connectivity index (χ2v) is 20.1. The molecule has 24 nitrogen and oxygen atoms in total. The zero-order valence-electron chi connectivity index (χ0n) is 46.4. The maximum atomic E-state index is 14.5. The van der Waals surface area contributed by atoms with Gasteiger partial charge in [0.15, 0.2) is 22.7 Å². The minimum Gasteiger partial charge on any atom is -0.497 e. The molecule has 0 spiro atoms. The normalized spacial score (nSPS) is 15.9. The summed E-state index contributed by atoms with van der Waals surface area (Å²) in [5, 5.41) is 21.3. The molecule has 0 bridgehead atoms. The van der Waals surface area contributed by atoms with Crippen molar-refractivity contribution in [3.63, 3.8) is 0 Å². The molecule has 2 saturated heterocycles. The maximum absolute atomic E-state index is 14.5. The van der Waals surface area contributed by atoms with Crippen LogP contribution < -0.4 is 40.4 Å². The first kappa shape index (κ1) is 56.6. The number of likely N-dealkylation sites (N-methyl/N-ethyl adjacent to an activating group) is 1. The monoisotopic (exact) mass is 1100 g/mol. The molecular formula is C56H72N14O10. The Morgan fingerprint density at radius 2 is 1.45 bits per heavy atom. The Kier molecular flexibility index (Phi) is 18.6. The van der Waals surface area contributed by atoms with Crippen LogP contribution in [0.2, 0.25) is 0 Å². The van der Waals surface area contributed by atoms with Crippen molar-refractivity contribution in [2.24, 2.45) is 13.0 Å². The number of hydrogen-bond donors (Lipinski definition) is 4. The predicted octanol–water partition coefficient (Wildman–Crippen LogP) is 3.54. The van der Waals surface area contributed by atoms with E-state index >= 15 is 0 Å². The van der Waals surface area contributed by atoms with Gasteiger partial charge in [0.1, 0.15) is 24.1 Å². The lowest BCUT2D eigenvalue weighted by molar-refractivity contribution is -0.140. The smallest absolute Gasteiger partial charge is 0.271 e. The lowest BCUT2D eigenvalue weighted by Crippen LogP contribution is -2.59. The summed E-state index contributed by atoms with van der Waals surface area (Å²) in [7, 11) is 8.17. The van der Waals surface area contributed by atoms with Crippen LogP contribution in [0, 0.1) is 5.92 Å². The van der Waals surface area contributed by atoms with Gasteiger partial charge in [-0.05, 0) is 81.3 Å². The Morgan fingerprint density at radius 3 is 2.16 bits per heavy atom. The highest BCUT2D eigenvalue weighted by atomic mass is 16.5. The largest absolute Gasteiger partial charge is 0.497 e. The van der Waals surface area contributed by atoms with Gasteiger partial charge in [0.2, 0.25) is 23.7 Å². The van der Waals surface area contributed by atoms with Gasteiger partial charge in [-0.25, -0.2) is 4.98 Å². The van der Waals surface area contributed by atoms with E-state index in [1.54, 1.807) is 103 Å². The lowest BCUT2D eigenvalue weighted by atomic mass is 9.83. The third kappa shape index (κ3) is 12.8. The zero-order chi connectivity index (χ0) is 56.3. The van der Waals surface area contributed by atoms with Crippen molar-refractivity contribution in [3.8, 4) is 22.9 Å². The standard InChI is InChI=1S/C56H72N14O10/c1-36(57-2)52(72)61-49(37-10-8-7-9-11-37)54(74)68-25-27-69(28-26-68)55(75)50-48(42-18-17-41(76-4)33-44(42)65(50)3)53(73)58-20-29-79-30-31-80-35-47(71)67-23-21-66(22-24-67)39-14-12-38(13-15-39)60-56-59-34-43-51(62-56)70(64-63-43)40-16-19-45(77-5)46(32-40)78-6/h12-19,32-34,36-37,49,57H,7-11,20-31,35H2,1-6H3,(H,58,73)(H,61,72)(H,59,60,62)/t36-,49-/m0/s1. The summed E-state index contributed by atoms with van der Waals surface area (Å²) in [5.41, 5.74) is 4.68. The van der Waals surface area contributed by atoms with E-state index in [1.165, 1.54) is 0 Å². The number of amides is 5. The number of ether oxygens (including phenoxy) is 5. The quantitative estimate of drug-likeness (QED) is 0.0710. The maximum Gasteiger partial charge on any atom is 0.271 e. The molecule has 24 heteroatoms. The number of aryl methyl sites for hydroxylation is 1. The van der Waals surface area contributed by atoms with Crippen LogP contribution in [-0.2, 0) is 30.9 Å². The molecule has 6 aromatic rings. The SMILES string of the molecule is CN[C@@H](C)C(=O)N[C@H](C(=O)N1CCN(C(=O)c2c(C(=O)NCCOCCOCC(=O)N3CCN(c4ccc(Nc5ncc6nnn(-c7ccc(OC)c(OC)c7)c6n5)cc4)CC3)c3ccc(OC)cc3n2C)CC1)C1CCCCC1. The highest BCUT2D eigenvalue weighted by molar-refractivity contribution is 6.16. The second kappa shape index (κ2) is 26.2. The summed E-state index contributed by atoms with van der Waals surface area (Å²) in [6, 6.07) is 17.6. The van der Waals surface area contributed by atoms with Crippen molar-refractivity contribution >= 4 is 68.9 Å². The number of aromatic nitrogens is 6. The molecule has 5 heterocycles.